The Morgan fingerprint density at radius 3 is 2.91 bits per heavy atom. The van der Waals surface area contributed by atoms with Crippen LogP contribution >= 0.6 is 22.9 Å². The summed E-state index contributed by atoms with van der Waals surface area (Å²) in [5, 5.41) is 4.19. The van der Waals surface area contributed by atoms with Crippen LogP contribution in [0.2, 0.25) is 5.02 Å². The molecule has 0 bridgehead atoms. The largest absolute Gasteiger partial charge is 0.381 e. The fourth-order valence-corrected chi connectivity index (χ4v) is 3.16. The van der Waals surface area contributed by atoms with Crippen LogP contribution in [-0.2, 0) is 16.0 Å². The highest BCUT2D eigenvalue weighted by Gasteiger charge is 2.12. The minimum Gasteiger partial charge on any atom is -0.381 e. The number of nitrogens with one attached hydrogen (secondary N) is 1. The summed E-state index contributed by atoms with van der Waals surface area (Å²) in [4.78, 5) is 17.3. The van der Waals surface area contributed by atoms with Gasteiger partial charge in [-0.1, -0.05) is 29.8 Å². The number of hydrogen-bond acceptors (Lipinski definition) is 4. The van der Waals surface area contributed by atoms with E-state index in [-0.39, 0.29) is 5.91 Å². The summed E-state index contributed by atoms with van der Waals surface area (Å²) in [6, 6.07) is 7.76. The van der Waals surface area contributed by atoms with Crippen LogP contribution in [0.15, 0.2) is 24.3 Å². The van der Waals surface area contributed by atoms with Gasteiger partial charge in [-0.15, -0.1) is 11.3 Å². The molecular formula is C16H19ClN2O2S. The smallest absolute Gasteiger partial charge is 0.228 e. The lowest BCUT2D eigenvalue weighted by Gasteiger charge is -2.02. The van der Waals surface area contributed by atoms with E-state index in [1.54, 1.807) is 0 Å². The molecule has 1 amide bonds. The maximum Gasteiger partial charge on any atom is 0.228 e. The normalized spacial score (nSPS) is 10.7. The molecule has 0 unspecified atom stereocenters. The zero-order chi connectivity index (χ0) is 15.9. The molecule has 1 aromatic carbocycles. The van der Waals surface area contributed by atoms with Crippen LogP contribution in [0, 0.1) is 6.92 Å². The van der Waals surface area contributed by atoms with Gasteiger partial charge in [-0.05, 0) is 25.5 Å². The van der Waals surface area contributed by atoms with Crippen LogP contribution in [0.1, 0.15) is 29.5 Å². The molecule has 1 N–H and O–H groups in total. The molecule has 0 aliphatic rings. The molecule has 0 spiro atoms. The molecule has 2 aromatic rings. The van der Waals surface area contributed by atoms with E-state index in [0.29, 0.717) is 24.8 Å². The highest BCUT2D eigenvalue weighted by atomic mass is 35.5. The topological polar surface area (TPSA) is 51.2 Å². The van der Waals surface area contributed by atoms with Gasteiger partial charge in [-0.25, -0.2) is 4.98 Å². The third-order valence-electron chi connectivity index (χ3n) is 3.13. The van der Waals surface area contributed by atoms with Gasteiger partial charge in [0.05, 0.1) is 18.7 Å². The standard InChI is InChI=1S/C16H19ClN2O2S/c1-3-21-9-8-15(20)19-16-18-11(2)14(22-16)10-12-6-4-5-7-13(12)17/h4-7H,3,8-10H2,1-2H3,(H,18,19,20). The zero-order valence-corrected chi connectivity index (χ0v) is 14.3. The van der Waals surface area contributed by atoms with E-state index in [9.17, 15) is 4.79 Å². The van der Waals surface area contributed by atoms with Gasteiger partial charge in [-0.2, -0.15) is 0 Å². The van der Waals surface area contributed by atoms with Gasteiger partial charge in [0.2, 0.25) is 5.91 Å². The molecule has 118 valence electrons. The second-order valence-corrected chi connectivity index (χ2v) is 6.28. The van der Waals surface area contributed by atoms with Crippen LogP contribution < -0.4 is 5.32 Å². The number of rotatable bonds is 7. The van der Waals surface area contributed by atoms with Crippen LogP contribution in [0.3, 0.4) is 0 Å². The Labute approximate surface area is 139 Å². The number of nitrogens with zero attached hydrogens (tertiary/aromatic N) is 1. The van der Waals surface area contributed by atoms with Crippen molar-refractivity contribution in [2.24, 2.45) is 0 Å². The molecule has 2 rings (SSSR count). The number of thiazole rings is 1. The molecule has 6 heteroatoms. The summed E-state index contributed by atoms with van der Waals surface area (Å²) in [5.74, 6) is -0.0773. The molecule has 0 aliphatic carbocycles. The molecule has 0 fully saturated rings. The lowest BCUT2D eigenvalue weighted by Crippen LogP contribution is -2.13. The van der Waals surface area contributed by atoms with E-state index in [4.69, 9.17) is 16.3 Å². The van der Waals surface area contributed by atoms with Gasteiger partial charge >= 0.3 is 0 Å². The second kappa shape index (κ2) is 8.27. The Morgan fingerprint density at radius 1 is 1.41 bits per heavy atom. The van der Waals surface area contributed by atoms with Crippen molar-refractivity contribution in [1.82, 2.24) is 4.98 Å². The summed E-state index contributed by atoms with van der Waals surface area (Å²) < 4.78 is 5.17. The Kier molecular flexibility index (Phi) is 6.36. The summed E-state index contributed by atoms with van der Waals surface area (Å²) in [7, 11) is 0. The third kappa shape index (κ3) is 4.80. The summed E-state index contributed by atoms with van der Waals surface area (Å²) >= 11 is 7.68. The van der Waals surface area contributed by atoms with E-state index >= 15 is 0 Å². The molecule has 0 saturated heterocycles. The number of anilines is 1. The van der Waals surface area contributed by atoms with Crippen LogP contribution in [0.5, 0.6) is 0 Å². The number of aryl methyl sites for hydroxylation is 1. The Hall–Kier alpha value is -1.43. The molecule has 1 heterocycles. The Morgan fingerprint density at radius 2 is 2.18 bits per heavy atom. The fourth-order valence-electron chi connectivity index (χ4n) is 1.95. The van der Waals surface area contributed by atoms with Crippen molar-refractivity contribution in [1.29, 1.82) is 0 Å². The predicted octanol–water partition coefficient (Wildman–Crippen LogP) is 4.06. The minimum absolute atomic E-state index is 0.0773. The Bertz CT molecular complexity index is 643. The van der Waals surface area contributed by atoms with Gasteiger partial charge in [-0.3, -0.25) is 4.79 Å². The van der Waals surface area contributed by atoms with E-state index in [0.717, 1.165) is 27.6 Å². The van der Waals surface area contributed by atoms with Crippen molar-refractivity contribution in [3.8, 4) is 0 Å². The summed E-state index contributed by atoms with van der Waals surface area (Å²) in [6.45, 7) is 4.90. The molecule has 22 heavy (non-hydrogen) atoms. The monoisotopic (exact) mass is 338 g/mol. The molecule has 0 radical (unpaired) electrons. The van der Waals surface area contributed by atoms with Crippen molar-refractivity contribution in [3.05, 3.63) is 45.4 Å². The first kappa shape index (κ1) is 16.9. The molecule has 4 nitrogen and oxygen atoms in total. The van der Waals surface area contributed by atoms with E-state index in [2.05, 4.69) is 10.3 Å². The van der Waals surface area contributed by atoms with E-state index < -0.39 is 0 Å². The highest BCUT2D eigenvalue weighted by molar-refractivity contribution is 7.15. The molecule has 0 aliphatic heterocycles. The summed E-state index contributed by atoms with van der Waals surface area (Å²) in [5.41, 5.74) is 1.98. The number of carbonyl (C=O) groups is 1. The van der Waals surface area contributed by atoms with Crippen molar-refractivity contribution >= 4 is 34.0 Å². The van der Waals surface area contributed by atoms with E-state index in [1.165, 1.54) is 11.3 Å². The second-order valence-electron chi connectivity index (χ2n) is 4.79. The van der Waals surface area contributed by atoms with E-state index in [1.807, 2.05) is 38.1 Å². The quantitative estimate of drug-likeness (QED) is 0.774. The van der Waals surface area contributed by atoms with Gasteiger partial charge < -0.3 is 10.1 Å². The first-order valence-corrected chi connectivity index (χ1v) is 8.37. The number of hydrogen-bond donors (Lipinski definition) is 1. The zero-order valence-electron chi connectivity index (χ0n) is 12.7. The first-order chi connectivity index (χ1) is 10.6. The molecule has 0 atom stereocenters. The maximum absolute atomic E-state index is 11.8. The van der Waals surface area contributed by atoms with Crippen molar-refractivity contribution in [2.75, 3.05) is 18.5 Å². The van der Waals surface area contributed by atoms with Crippen molar-refractivity contribution < 1.29 is 9.53 Å². The average molecular weight is 339 g/mol. The van der Waals surface area contributed by atoms with Crippen LogP contribution in [0.25, 0.3) is 0 Å². The van der Waals surface area contributed by atoms with Crippen molar-refractivity contribution in [2.45, 2.75) is 26.7 Å². The SMILES string of the molecule is CCOCCC(=O)Nc1nc(C)c(Cc2ccccc2Cl)s1. The molecule has 1 aromatic heterocycles. The number of aromatic nitrogens is 1. The van der Waals surface area contributed by atoms with Crippen LogP contribution in [0.4, 0.5) is 5.13 Å². The first-order valence-electron chi connectivity index (χ1n) is 7.17. The lowest BCUT2D eigenvalue weighted by atomic mass is 10.1. The highest BCUT2D eigenvalue weighted by Crippen LogP contribution is 2.27. The molecular weight excluding hydrogens is 320 g/mol. The van der Waals surface area contributed by atoms with Crippen molar-refractivity contribution in [3.63, 3.8) is 0 Å². The van der Waals surface area contributed by atoms with Gasteiger partial charge in [0.25, 0.3) is 0 Å². The molecule has 0 saturated carbocycles. The van der Waals surface area contributed by atoms with Gasteiger partial charge in [0.1, 0.15) is 0 Å². The number of halogens is 1. The van der Waals surface area contributed by atoms with Gasteiger partial charge in [0.15, 0.2) is 5.13 Å². The average Bonchev–Trinajstić information content (AvgIpc) is 2.81. The summed E-state index contributed by atoms with van der Waals surface area (Å²) in [6.07, 6.45) is 1.06. The minimum atomic E-state index is -0.0773. The van der Waals surface area contributed by atoms with Crippen LogP contribution in [-0.4, -0.2) is 24.1 Å². The Balaban J connectivity index is 1.99. The maximum atomic E-state index is 11.8. The fraction of sp³-hybridized carbons (Fsp3) is 0.375. The predicted molar refractivity (Wildman–Crippen MR) is 90.8 cm³/mol. The number of benzene rings is 1. The third-order valence-corrected chi connectivity index (χ3v) is 4.57. The number of ether oxygens (including phenoxy) is 1. The number of carbonyl (C=O) groups excluding carboxylic acids is 1. The lowest BCUT2D eigenvalue weighted by molar-refractivity contribution is -0.117. The van der Waals surface area contributed by atoms with Gasteiger partial charge in [0, 0.05) is 22.9 Å². The number of amides is 1.